The molecule has 0 saturated carbocycles. The van der Waals surface area contributed by atoms with E-state index >= 15 is 0 Å². The number of hydrogen-bond donors (Lipinski definition) is 0. The van der Waals surface area contributed by atoms with Crippen molar-refractivity contribution in [1.29, 1.82) is 0 Å². The smallest absolute Gasteiger partial charge is 0.253 e. The number of carbonyl (C=O) groups excluding carboxylic acids is 2. The summed E-state index contributed by atoms with van der Waals surface area (Å²) in [4.78, 5) is 28.1. The fourth-order valence-corrected chi connectivity index (χ4v) is 2.93. The van der Waals surface area contributed by atoms with Gasteiger partial charge in [0.1, 0.15) is 0 Å². The average Bonchev–Trinajstić information content (AvgIpc) is 2.72. The normalized spacial score (nSPS) is 17.2. The van der Waals surface area contributed by atoms with Gasteiger partial charge in [-0.05, 0) is 30.7 Å². The van der Waals surface area contributed by atoms with Crippen LogP contribution < -0.4 is 0 Å². The zero-order chi connectivity index (χ0) is 15.4. The first-order valence-corrected chi connectivity index (χ1v) is 8.53. The van der Waals surface area contributed by atoms with E-state index in [0.29, 0.717) is 36.6 Å². The molecular weight excluding hydrogens is 288 g/mol. The van der Waals surface area contributed by atoms with Gasteiger partial charge in [-0.15, -0.1) is 0 Å². The topological polar surface area (TPSA) is 57.7 Å². The molecule has 0 aliphatic carbocycles. The summed E-state index contributed by atoms with van der Waals surface area (Å²) >= 11 is 0. The van der Waals surface area contributed by atoms with Crippen LogP contribution in [0.25, 0.3) is 0 Å². The van der Waals surface area contributed by atoms with Crippen LogP contribution in [0.15, 0.2) is 29.2 Å². The van der Waals surface area contributed by atoms with E-state index in [0.717, 1.165) is 6.42 Å². The Morgan fingerprint density at radius 2 is 1.57 bits per heavy atom. The van der Waals surface area contributed by atoms with E-state index in [9.17, 15) is 13.8 Å². The van der Waals surface area contributed by atoms with Crippen molar-refractivity contribution < 1.29 is 13.8 Å². The highest BCUT2D eigenvalue weighted by atomic mass is 32.2. The molecule has 2 rings (SSSR count). The first kappa shape index (κ1) is 15.7. The summed E-state index contributed by atoms with van der Waals surface area (Å²) in [6.45, 7) is 4.05. The number of benzene rings is 1. The quantitative estimate of drug-likeness (QED) is 0.822. The van der Waals surface area contributed by atoms with Gasteiger partial charge in [0.05, 0.1) is 0 Å². The van der Waals surface area contributed by atoms with E-state index in [-0.39, 0.29) is 11.8 Å². The molecule has 114 valence electrons. The SMILES string of the molecule is CC(=O)N1CCCN(C(=O)c2ccc([S@@](C)=O)cc2)CC1. The van der Waals surface area contributed by atoms with Crippen LogP contribution >= 0.6 is 0 Å². The van der Waals surface area contributed by atoms with Gasteiger partial charge in [0.2, 0.25) is 5.91 Å². The fourth-order valence-electron chi connectivity index (χ4n) is 2.41. The molecule has 1 aromatic rings. The molecule has 1 fully saturated rings. The van der Waals surface area contributed by atoms with Gasteiger partial charge < -0.3 is 9.80 Å². The van der Waals surface area contributed by atoms with Crippen LogP contribution in [-0.4, -0.2) is 58.3 Å². The van der Waals surface area contributed by atoms with E-state index in [1.807, 2.05) is 0 Å². The van der Waals surface area contributed by atoms with Crippen molar-refractivity contribution in [2.24, 2.45) is 0 Å². The van der Waals surface area contributed by atoms with E-state index in [1.54, 1.807) is 47.2 Å². The summed E-state index contributed by atoms with van der Waals surface area (Å²) in [6, 6.07) is 6.88. The summed E-state index contributed by atoms with van der Waals surface area (Å²) in [5.74, 6) is 0.0212. The van der Waals surface area contributed by atoms with Crippen LogP contribution in [0.3, 0.4) is 0 Å². The molecule has 1 aromatic carbocycles. The number of rotatable bonds is 2. The van der Waals surface area contributed by atoms with Crippen molar-refractivity contribution in [3.05, 3.63) is 29.8 Å². The second-order valence-corrected chi connectivity index (χ2v) is 6.51. The minimum absolute atomic E-state index is 0.0335. The number of amides is 2. The third-order valence-corrected chi connectivity index (χ3v) is 4.60. The summed E-state index contributed by atoms with van der Waals surface area (Å²) in [5, 5.41) is 0. The van der Waals surface area contributed by atoms with Crippen molar-refractivity contribution in [3.63, 3.8) is 0 Å². The third kappa shape index (κ3) is 3.91. The molecule has 0 spiro atoms. The van der Waals surface area contributed by atoms with Crippen LogP contribution in [-0.2, 0) is 15.6 Å². The van der Waals surface area contributed by atoms with Gasteiger partial charge in [-0.2, -0.15) is 0 Å². The van der Waals surface area contributed by atoms with Crippen LogP contribution in [0, 0.1) is 0 Å². The zero-order valence-electron chi connectivity index (χ0n) is 12.4. The summed E-state index contributed by atoms with van der Waals surface area (Å²) in [7, 11) is -1.04. The second kappa shape index (κ2) is 6.85. The largest absolute Gasteiger partial charge is 0.341 e. The van der Waals surface area contributed by atoms with Crippen molar-refractivity contribution in [2.75, 3.05) is 32.4 Å². The standard InChI is InChI=1S/C15H20N2O3S/c1-12(18)16-8-3-9-17(11-10-16)15(19)13-4-6-14(7-5-13)21(2)20/h4-7H,3,8-11H2,1-2H3/t21-/m1/s1. The lowest BCUT2D eigenvalue weighted by atomic mass is 10.2. The highest BCUT2D eigenvalue weighted by Gasteiger charge is 2.21. The summed E-state index contributed by atoms with van der Waals surface area (Å²) < 4.78 is 11.4. The highest BCUT2D eigenvalue weighted by molar-refractivity contribution is 7.84. The molecule has 21 heavy (non-hydrogen) atoms. The lowest BCUT2D eigenvalue weighted by Crippen LogP contribution is -2.36. The van der Waals surface area contributed by atoms with Gasteiger partial charge in [-0.1, -0.05) is 0 Å². The Kier molecular flexibility index (Phi) is 5.12. The van der Waals surface area contributed by atoms with Gasteiger partial charge in [0.15, 0.2) is 0 Å². The molecule has 2 amide bonds. The van der Waals surface area contributed by atoms with Crippen LogP contribution in [0.2, 0.25) is 0 Å². The van der Waals surface area contributed by atoms with Gasteiger partial charge in [-0.3, -0.25) is 13.8 Å². The minimum atomic E-state index is -1.04. The fraction of sp³-hybridized carbons (Fsp3) is 0.467. The predicted octanol–water partition coefficient (Wildman–Crippen LogP) is 1.12. The Bertz CT molecular complexity index is 557. The molecule has 0 radical (unpaired) electrons. The number of hydrogen-bond acceptors (Lipinski definition) is 3. The van der Waals surface area contributed by atoms with Crippen molar-refractivity contribution in [2.45, 2.75) is 18.2 Å². The van der Waals surface area contributed by atoms with Crippen molar-refractivity contribution in [1.82, 2.24) is 9.80 Å². The average molecular weight is 308 g/mol. The molecule has 5 nitrogen and oxygen atoms in total. The highest BCUT2D eigenvalue weighted by Crippen LogP contribution is 2.12. The Hall–Kier alpha value is -1.69. The first-order valence-electron chi connectivity index (χ1n) is 6.97. The molecule has 0 unspecified atom stereocenters. The molecule has 0 N–H and O–H groups in total. The van der Waals surface area contributed by atoms with Crippen LogP contribution in [0.4, 0.5) is 0 Å². The first-order chi connectivity index (χ1) is 9.99. The molecular formula is C15H20N2O3S. The Balaban J connectivity index is 2.05. The van der Waals surface area contributed by atoms with Crippen LogP contribution in [0.5, 0.6) is 0 Å². The summed E-state index contributed by atoms with van der Waals surface area (Å²) in [5.41, 5.74) is 0.598. The lowest BCUT2D eigenvalue weighted by Gasteiger charge is -2.21. The number of carbonyl (C=O) groups is 2. The molecule has 1 atom stereocenters. The monoisotopic (exact) mass is 308 g/mol. The van der Waals surface area contributed by atoms with Gasteiger partial charge >= 0.3 is 0 Å². The molecule has 0 bridgehead atoms. The van der Waals surface area contributed by atoms with Crippen molar-refractivity contribution >= 4 is 22.6 Å². The minimum Gasteiger partial charge on any atom is -0.341 e. The van der Waals surface area contributed by atoms with Gasteiger partial charge in [0, 0.05) is 60.6 Å². The number of nitrogens with zero attached hydrogens (tertiary/aromatic N) is 2. The van der Waals surface area contributed by atoms with E-state index in [1.165, 1.54) is 0 Å². The second-order valence-electron chi connectivity index (χ2n) is 5.13. The maximum absolute atomic E-state index is 12.5. The maximum atomic E-state index is 12.5. The van der Waals surface area contributed by atoms with Crippen LogP contribution in [0.1, 0.15) is 23.7 Å². The van der Waals surface area contributed by atoms with Gasteiger partial charge in [-0.25, -0.2) is 0 Å². The van der Waals surface area contributed by atoms with Crippen molar-refractivity contribution in [3.8, 4) is 0 Å². The predicted molar refractivity (Wildman–Crippen MR) is 81.5 cm³/mol. The zero-order valence-corrected chi connectivity index (χ0v) is 13.2. The Morgan fingerprint density at radius 1 is 1.00 bits per heavy atom. The molecule has 1 heterocycles. The Morgan fingerprint density at radius 3 is 2.14 bits per heavy atom. The van der Waals surface area contributed by atoms with Gasteiger partial charge in [0.25, 0.3) is 5.91 Å². The Labute approximate surface area is 127 Å². The molecule has 1 saturated heterocycles. The van der Waals surface area contributed by atoms with E-state index in [2.05, 4.69) is 0 Å². The maximum Gasteiger partial charge on any atom is 0.253 e. The summed E-state index contributed by atoms with van der Waals surface area (Å²) in [6.07, 6.45) is 2.41. The molecule has 1 aliphatic heterocycles. The van der Waals surface area contributed by atoms with E-state index in [4.69, 9.17) is 0 Å². The van der Waals surface area contributed by atoms with E-state index < -0.39 is 10.8 Å². The molecule has 1 aliphatic rings. The molecule has 6 heteroatoms. The molecule has 0 aromatic heterocycles. The third-order valence-electron chi connectivity index (χ3n) is 3.66. The lowest BCUT2D eigenvalue weighted by molar-refractivity contribution is -0.128.